The van der Waals surface area contributed by atoms with Gasteiger partial charge in [0.2, 0.25) is 0 Å². The summed E-state index contributed by atoms with van der Waals surface area (Å²) in [4.78, 5) is 28.5. The number of esters is 1. The van der Waals surface area contributed by atoms with Gasteiger partial charge in [-0.05, 0) is 72.8 Å². The van der Waals surface area contributed by atoms with Crippen LogP contribution in [0.15, 0.2) is 41.5 Å². The fourth-order valence-corrected chi connectivity index (χ4v) is 8.70. The van der Waals surface area contributed by atoms with Crippen LogP contribution in [0, 0.1) is 41.4 Å². The Kier molecular flexibility index (Phi) is 5.81. The number of allylic oxidation sites excluding steroid dienone is 1. The first kappa shape index (κ1) is 27.2. The number of hydrogen-bond donors (Lipinski definition) is 3. The minimum atomic E-state index is -2.18. The summed E-state index contributed by atoms with van der Waals surface area (Å²) in [5.74, 6) is -0.804. The van der Waals surface area contributed by atoms with Crippen molar-refractivity contribution in [3.8, 4) is 5.75 Å². The number of benzene rings is 1. The number of rotatable bonds is 4. The van der Waals surface area contributed by atoms with Crippen molar-refractivity contribution in [2.24, 2.45) is 41.5 Å². The van der Waals surface area contributed by atoms with E-state index in [4.69, 9.17) is 9.47 Å². The fourth-order valence-electron chi connectivity index (χ4n) is 8.70. The highest BCUT2D eigenvalue weighted by atomic mass is 16.6. The molecule has 0 aliphatic heterocycles. The van der Waals surface area contributed by atoms with Crippen molar-refractivity contribution in [1.82, 2.24) is 4.57 Å². The van der Waals surface area contributed by atoms with Gasteiger partial charge in [-0.3, -0.25) is 4.79 Å². The van der Waals surface area contributed by atoms with Gasteiger partial charge in [-0.25, -0.2) is 4.79 Å². The first-order chi connectivity index (χ1) is 18.8. The van der Waals surface area contributed by atoms with Crippen LogP contribution in [-0.4, -0.2) is 63.2 Å². The van der Waals surface area contributed by atoms with Crippen LogP contribution in [0.4, 0.5) is 0 Å². The molecular formula is C32H39NO7. The average Bonchev–Trinajstić information content (AvgIpc) is 3.28. The monoisotopic (exact) mass is 549 g/mol. The van der Waals surface area contributed by atoms with E-state index < -0.39 is 41.7 Å². The molecule has 0 radical (unpaired) electrons. The van der Waals surface area contributed by atoms with Crippen LogP contribution in [0.1, 0.15) is 50.2 Å². The van der Waals surface area contributed by atoms with Crippen molar-refractivity contribution in [3.05, 3.63) is 52.8 Å². The van der Waals surface area contributed by atoms with Gasteiger partial charge in [0, 0.05) is 29.6 Å². The third kappa shape index (κ3) is 3.13. The van der Waals surface area contributed by atoms with E-state index in [0.717, 1.165) is 5.52 Å². The third-order valence-electron chi connectivity index (χ3n) is 11.0. The molecule has 8 atom stereocenters. The molecule has 2 unspecified atom stereocenters. The van der Waals surface area contributed by atoms with Crippen LogP contribution in [-0.2, 0) is 16.6 Å². The number of aliphatic hydroxyl groups is 3. The second kappa shape index (κ2) is 8.54. The van der Waals surface area contributed by atoms with Crippen molar-refractivity contribution < 1.29 is 34.4 Å². The Hall–Kier alpha value is -2.94. The molecular weight excluding hydrogens is 510 g/mol. The van der Waals surface area contributed by atoms with Gasteiger partial charge in [0.25, 0.3) is 0 Å². The zero-order valence-electron chi connectivity index (χ0n) is 24.2. The van der Waals surface area contributed by atoms with Crippen LogP contribution in [0.25, 0.3) is 10.9 Å². The smallest absolute Gasteiger partial charge is 0.341 e. The van der Waals surface area contributed by atoms with Gasteiger partial charge < -0.3 is 29.4 Å². The van der Waals surface area contributed by atoms with Gasteiger partial charge in [0.05, 0.1) is 24.7 Å². The normalized spacial score (nSPS) is 37.6. The van der Waals surface area contributed by atoms with Crippen molar-refractivity contribution >= 4 is 22.7 Å². The molecule has 2 aromatic rings. The summed E-state index contributed by atoms with van der Waals surface area (Å²) in [5.41, 5.74) is -1.19. The Labute approximate surface area is 234 Å². The van der Waals surface area contributed by atoms with Crippen molar-refractivity contribution in [2.75, 3.05) is 13.7 Å². The largest absolute Gasteiger partial charge is 0.497 e. The summed E-state index contributed by atoms with van der Waals surface area (Å²) in [6, 6.07) is 5.46. The molecule has 0 saturated heterocycles. The first-order valence-electron chi connectivity index (χ1n) is 14.1. The highest BCUT2D eigenvalue weighted by Gasteiger charge is 2.76. The molecule has 4 aliphatic carbocycles. The number of ketones is 1. The predicted octanol–water partition coefficient (Wildman–Crippen LogP) is 3.49. The average molecular weight is 550 g/mol. The van der Waals surface area contributed by atoms with E-state index in [-0.39, 0.29) is 34.5 Å². The maximum Gasteiger partial charge on any atom is 0.341 e. The van der Waals surface area contributed by atoms with E-state index in [0.29, 0.717) is 34.4 Å². The zero-order valence-corrected chi connectivity index (χ0v) is 24.2. The highest BCUT2D eigenvalue weighted by Crippen LogP contribution is 2.71. The van der Waals surface area contributed by atoms with E-state index >= 15 is 0 Å². The molecule has 8 nitrogen and oxygen atoms in total. The zero-order chi connectivity index (χ0) is 29.1. The fraction of sp³-hybridized carbons (Fsp3) is 0.562. The summed E-state index contributed by atoms with van der Waals surface area (Å²) in [6.45, 7) is 9.29. The first-order valence-corrected chi connectivity index (χ1v) is 14.1. The van der Waals surface area contributed by atoms with Crippen molar-refractivity contribution in [3.63, 3.8) is 0 Å². The number of methoxy groups -OCH3 is 1. The molecule has 2 bridgehead atoms. The minimum absolute atomic E-state index is 0.0570. The summed E-state index contributed by atoms with van der Waals surface area (Å²) >= 11 is 0. The Morgan fingerprint density at radius 1 is 1.23 bits per heavy atom. The maximum atomic E-state index is 14.5. The molecule has 4 aliphatic rings. The summed E-state index contributed by atoms with van der Waals surface area (Å²) in [7, 11) is 3.41. The second-order valence-electron chi connectivity index (χ2n) is 13.1. The number of Topliss-reactive ketones (excluding diaryl/α,β-unsaturated/α-hetero) is 1. The highest BCUT2D eigenvalue weighted by molar-refractivity contribution is 6.06. The molecule has 1 spiro atoms. The molecule has 0 amide bonds. The lowest BCUT2D eigenvalue weighted by molar-refractivity contribution is -0.190. The predicted molar refractivity (Wildman–Crippen MR) is 149 cm³/mol. The van der Waals surface area contributed by atoms with Crippen LogP contribution in [0.5, 0.6) is 5.75 Å². The lowest BCUT2D eigenvalue weighted by Crippen LogP contribution is -2.65. The van der Waals surface area contributed by atoms with E-state index in [9.17, 15) is 24.9 Å². The second-order valence-corrected chi connectivity index (χ2v) is 13.1. The Morgan fingerprint density at radius 2 is 1.93 bits per heavy atom. The van der Waals surface area contributed by atoms with Crippen molar-refractivity contribution in [1.29, 1.82) is 0 Å². The number of hydrogen-bond acceptors (Lipinski definition) is 7. The van der Waals surface area contributed by atoms with Crippen LogP contribution in [0.3, 0.4) is 0 Å². The quantitative estimate of drug-likeness (QED) is 0.395. The van der Waals surface area contributed by atoms with Gasteiger partial charge in [0.15, 0.2) is 17.5 Å². The van der Waals surface area contributed by atoms with E-state index in [1.165, 1.54) is 0 Å². The molecule has 40 heavy (non-hydrogen) atoms. The molecule has 8 heteroatoms. The van der Waals surface area contributed by atoms with Crippen LogP contribution in [0.2, 0.25) is 0 Å². The van der Waals surface area contributed by atoms with Crippen LogP contribution >= 0.6 is 0 Å². The molecule has 1 aromatic carbocycles. The number of nitrogens with zero attached hydrogens (tertiary/aromatic N) is 1. The topological polar surface area (TPSA) is 118 Å². The molecule has 1 heterocycles. The summed E-state index contributed by atoms with van der Waals surface area (Å²) < 4.78 is 13.4. The number of aliphatic hydroxyl groups excluding tert-OH is 2. The third-order valence-corrected chi connectivity index (χ3v) is 11.0. The molecule has 214 valence electrons. The standard InChI is InChI=1S/C32H39NO7/c1-15-13-31-16(2)10-22-25(30(22,4)5)21(27(31)36)11-18(14-34)26(35)32(31,38)28(15)40-29(37)24-17(3)33(6)23-9-8-19(39-7)12-20(23)24/h8-9,11-13,16,21-22,25-26,28,34-35,38H,10,14H2,1-7H3/t16?,21-,22+,25-,26+,28-,31?,32-/m0/s1. The van der Waals surface area contributed by atoms with Gasteiger partial charge in [-0.2, -0.15) is 0 Å². The van der Waals surface area contributed by atoms with Gasteiger partial charge in [-0.1, -0.05) is 32.9 Å². The number of aromatic nitrogens is 1. The summed E-state index contributed by atoms with van der Waals surface area (Å²) in [5, 5.41) is 35.4. The summed E-state index contributed by atoms with van der Waals surface area (Å²) in [6.07, 6.45) is 1.23. The number of ether oxygens (including phenoxy) is 2. The van der Waals surface area contributed by atoms with E-state index in [1.54, 1.807) is 32.3 Å². The SMILES string of the molecule is COc1ccc2c(c1)c(C(=O)O[C@H]1C(C)=CC34C(=O)[C@@H](C=C(CO)[C@@H](O)[C@]13O)[C@H]1[C@@H](CC4C)C1(C)C)c(C)n2C. The number of carbonyl (C=O) groups is 2. The Bertz CT molecular complexity index is 1510. The molecule has 1 aromatic heterocycles. The van der Waals surface area contributed by atoms with E-state index in [1.807, 2.05) is 37.6 Å². The maximum absolute atomic E-state index is 14.5. The molecule has 3 N–H and O–H groups in total. The van der Waals surface area contributed by atoms with Crippen LogP contribution < -0.4 is 4.74 Å². The molecule has 2 fully saturated rings. The van der Waals surface area contributed by atoms with Gasteiger partial charge in [-0.15, -0.1) is 0 Å². The Morgan fingerprint density at radius 3 is 2.58 bits per heavy atom. The van der Waals surface area contributed by atoms with Crippen molar-refractivity contribution in [2.45, 2.75) is 58.8 Å². The number of carbonyl (C=O) groups excluding carboxylic acids is 2. The molecule has 6 rings (SSSR count). The molecule has 2 saturated carbocycles. The minimum Gasteiger partial charge on any atom is -0.497 e. The number of aryl methyl sites for hydroxylation is 1. The van der Waals surface area contributed by atoms with Gasteiger partial charge >= 0.3 is 5.97 Å². The Balaban J connectivity index is 1.48. The van der Waals surface area contributed by atoms with E-state index in [2.05, 4.69) is 13.8 Å². The number of fused-ring (bicyclic) bond motifs is 4. The lowest BCUT2D eigenvalue weighted by Gasteiger charge is -2.48. The lowest BCUT2D eigenvalue weighted by atomic mass is 9.59. The van der Waals surface area contributed by atoms with Gasteiger partial charge in [0.1, 0.15) is 11.9 Å².